The zero-order valence-corrected chi connectivity index (χ0v) is 35.8. The summed E-state index contributed by atoms with van der Waals surface area (Å²) in [4.78, 5) is 13.9. The molecule has 4 nitrogen and oxygen atoms in total. The molecule has 0 atom stereocenters. The van der Waals surface area contributed by atoms with Gasteiger partial charge in [-0.1, -0.05) is 37.8 Å². The molecule has 0 saturated heterocycles. The molecular weight excluding hydrogens is 839 g/mol. The van der Waals surface area contributed by atoms with Gasteiger partial charge in [-0.3, -0.25) is 0 Å². The topological polar surface area (TPSA) is 51.8 Å². The van der Waals surface area contributed by atoms with Crippen molar-refractivity contribution >= 4 is 39.7 Å². The van der Waals surface area contributed by atoms with E-state index in [1.165, 1.54) is 16.7 Å². The van der Waals surface area contributed by atoms with Gasteiger partial charge in [-0.05, 0) is 41.8 Å². The van der Waals surface area contributed by atoms with E-state index in [0.717, 1.165) is 51.0 Å². The fraction of sp³-hybridized carbons (Fsp3) is 0.372. The van der Waals surface area contributed by atoms with Crippen LogP contribution in [0.1, 0.15) is 77.8 Å². The third kappa shape index (κ3) is 9.17. The summed E-state index contributed by atoms with van der Waals surface area (Å²) in [5.41, 5.74) is 10.6. The molecule has 0 bridgehead atoms. The summed E-state index contributed by atoms with van der Waals surface area (Å²) in [5.74, 6) is 8.01. The molecule has 0 amide bonds. The average molecular weight is 891 g/mol. The van der Waals surface area contributed by atoms with Gasteiger partial charge in [0.2, 0.25) is 5.71 Å². The predicted molar refractivity (Wildman–Crippen MR) is 206 cm³/mol. The van der Waals surface area contributed by atoms with E-state index in [-0.39, 0.29) is 30.9 Å². The van der Waals surface area contributed by atoms with Crippen molar-refractivity contribution in [3.63, 3.8) is 0 Å². The van der Waals surface area contributed by atoms with Gasteiger partial charge in [-0.25, -0.2) is 4.98 Å². The van der Waals surface area contributed by atoms with Gasteiger partial charge in [0.15, 0.2) is 0 Å². The number of furan rings is 1. The first-order valence-corrected chi connectivity index (χ1v) is 24.5. The summed E-state index contributed by atoms with van der Waals surface area (Å²) in [5, 5.41) is 2.08. The van der Waals surface area contributed by atoms with E-state index in [4.69, 9.17) is 9.40 Å². The molecule has 0 fully saturated rings. The number of aromatic nitrogens is 3. The third-order valence-corrected chi connectivity index (χ3v) is 13.0. The van der Waals surface area contributed by atoms with Crippen LogP contribution < -0.4 is 4.40 Å². The molecule has 1 radical (unpaired) electrons. The van der Waals surface area contributed by atoms with Crippen LogP contribution in [-0.2, 0) is 37.4 Å². The fourth-order valence-electron chi connectivity index (χ4n) is 5.95. The quantitative estimate of drug-likeness (QED) is 0.128. The van der Waals surface area contributed by atoms with Crippen LogP contribution in [-0.4, -0.2) is 28.2 Å². The molecule has 0 aliphatic heterocycles. The van der Waals surface area contributed by atoms with Crippen molar-refractivity contribution in [3.8, 4) is 22.5 Å². The third-order valence-electron chi connectivity index (χ3n) is 8.69. The molecule has 2 aromatic carbocycles. The molecular formula is C43H51GeIrN3O-2. The Morgan fingerprint density at radius 3 is 2.10 bits per heavy atom. The first-order chi connectivity index (χ1) is 22.4. The van der Waals surface area contributed by atoms with Crippen molar-refractivity contribution in [2.75, 3.05) is 0 Å². The van der Waals surface area contributed by atoms with Crippen LogP contribution in [0, 0.1) is 25.0 Å². The number of aryl methyl sites for hydroxylation is 1. The molecule has 0 aliphatic carbocycles. The number of fused-ring (bicyclic) bond motifs is 3. The molecule has 0 aliphatic rings. The predicted octanol–water partition coefficient (Wildman–Crippen LogP) is 11.0. The van der Waals surface area contributed by atoms with Gasteiger partial charge >= 0.3 is 151 Å². The van der Waals surface area contributed by atoms with Gasteiger partial charge in [0, 0.05) is 37.4 Å². The number of benzene rings is 2. The van der Waals surface area contributed by atoms with Crippen molar-refractivity contribution < 1.29 is 24.5 Å². The minimum Gasteiger partial charge on any atom is -0.486 e. The van der Waals surface area contributed by atoms with Crippen LogP contribution in [0.3, 0.4) is 0 Å². The summed E-state index contributed by atoms with van der Waals surface area (Å²) >= 11 is -1.91. The molecule has 0 N–H and O–H groups in total. The Bertz CT molecular complexity index is 2060. The van der Waals surface area contributed by atoms with E-state index in [9.17, 15) is 0 Å². The maximum atomic E-state index is 6.06. The van der Waals surface area contributed by atoms with Crippen molar-refractivity contribution in [1.82, 2.24) is 15.0 Å². The Balaban J connectivity index is 0.000000216. The Labute approximate surface area is 310 Å². The largest absolute Gasteiger partial charge is 0.486 e. The van der Waals surface area contributed by atoms with E-state index in [1.54, 1.807) is 4.40 Å². The smallest absolute Gasteiger partial charge is 0.216 e. The Kier molecular flexibility index (Phi) is 11.8. The summed E-state index contributed by atoms with van der Waals surface area (Å²) < 4.78 is 7.60. The van der Waals surface area contributed by atoms with Crippen LogP contribution in [0.25, 0.3) is 44.6 Å². The van der Waals surface area contributed by atoms with Gasteiger partial charge in [0.25, 0.3) is 0 Å². The number of nitrogens with zero attached hydrogens (tertiary/aromatic N) is 3. The van der Waals surface area contributed by atoms with E-state index < -0.39 is 13.3 Å². The second-order valence-electron chi connectivity index (χ2n) is 16.5. The zero-order valence-electron chi connectivity index (χ0n) is 31.3. The monoisotopic (exact) mass is 892 g/mol. The number of hydrogen-bond acceptors (Lipinski definition) is 4. The standard InChI is InChI=1S/C22H32GeN.C21H19N2O.Ir/c1-16(2)12-18-14-21(24-15-20(18)23(6,7)8)17-10-9-11-19(13-17)22(3,4)5;1-13-8-9-16-15-6-5-7-17(19(15)24-20(16)23-13)18-12-14(10-11-22-18)21(2,3)4;/h9,11,13-16H,12H2,1-8H3;5-6,8-12H,1-4H3;/q2*-1;. The van der Waals surface area contributed by atoms with Gasteiger partial charge < -0.3 is 9.40 Å². The van der Waals surface area contributed by atoms with Crippen LogP contribution >= 0.6 is 0 Å². The summed E-state index contributed by atoms with van der Waals surface area (Å²) in [7, 11) is 0. The summed E-state index contributed by atoms with van der Waals surface area (Å²) in [6.45, 7) is 19.9. The molecule has 0 saturated carbocycles. The Morgan fingerprint density at radius 1 is 0.776 bits per heavy atom. The molecule has 49 heavy (non-hydrogen) atoms. The minimum atomic E-state index is -1.91. The molecule has 4 heterocycles. The molecule has 0 unspecified atom stereocenters. The van der Waals surface area contributed by atoms with Crippen molar-refractivity contribution in [2.45, 2.75) is 96.8 Å². The molecule has 259 valence electrons. The van der Waals surface area contributed by atoms with Crippen LogP contribution in [0.4, 0.5) is 0 Å². The average Bonchev–Trinajstić information content (AvgIpc) is 3.37. The molecule has 6 rings (SSSR count). The van der Waals surface area contributed by atoms with Gasteiger partial charge in [0.1, 0.15) is 0 Å². The van der Waals surface area contributed by atoms with E-state index in [1.807, 2.05) is 37.4 Å². The van der Waals surface area contributed by atoms with Crippen LogP contribution in [0.15, 0.2) is 77.5 Å². The van der Waals surface area contributed by atoms with Gasteiger partial charge in [-0.15, -0.1) is 18.2 Å². The normalized spacial score (nSPS) is 12.2. The van der Waals surface area contributed by atoms with E-state index in [2.05, 4.69) is 137 Å². The first-order valence-electron chi connectivity index (χ1n) is 17.1. The van der Waals surface area contributed by atoms with Crippen LogP contribution in [0.5, 0.6) is 0 Å². The zero-order chi connectivity index (χ0) is 35.0. The van der Waals surface area contributed by atoms with Crippen molar-refractivity contribution in [3.05, 3.63) is 108 Å². The van der Waals surface area contributed by atoms with Crippen molar-refractivity contribution in [1.29, 1.82) is 0 Å². The molecule has 4 aromatic heterocycles. The molecule has 6 heteroatoms. The second kappa shape index (κ2) is 15.0. The van der Waals surface area contributed by atoms with E-state index >= 15 is 0 Å². The van der Waals surface area contributed by atoms with E-state index in [0.29, 0.717) is 11.6 Å². The number of pyridine rings is 3. The summed E-state index contributed by atoms with van der Waals surface area (Å²) in [6.07, 6.45) is 5.14. The summed E-state index contributed by atoms with van der Waals surface area (Å²) in [6, 6.07) is 27.7. The number of hydrogen-bond donors (Lipinski definition) is 0. The SMILES string of the molecule is CC(C)Cc1cc(-c2[c-]ccc(C(C)(C)C)c2)nc[c]1[Ge]([CH3])([CH3])[CH3].Cc1ccc2c(n1)oc1c(-c3cc(C(C)(C)C)ccn3)[c-]ccc12.[Ir]. The van der Waals surface area contributed by atoms with Crippen LogP contribution in [0.2, 0.25) is 17.3 Å². The minimum absolute atomic E-state index is 0. The molecule has 6 aromatic rings. The van der Waals surface area contributed by atoms with Gasteiger partial charge in [0.05, 0.1) is 5.58 Å². The Hall–Kier alpha value is -3.12. The van der Waals surface area contributed by atoms with Crippen molar-refractivity contribution in [2.24, 2.45) is 5.92 Å². The van der Waals surface area contributed by atoms with Gasteiger partial charge in [-0.2, -0.15) is 0 Å². The first kappa shape index (κ1) is 38.7. The molecule has 0 spiro atoms. The maximum Gasteiger partial charge on any atom is 0.216 e. The fourth-order valence-corrected chi connectivity index (χ4v) is 9.28. The Morgan fingerprint density at radius 2 is 1.45 bits per heavy atom. The maximum absolute atomic E-state index is 6.06. The number of rotatable bonds is 5. The second-order valence-corrected chi connectivity index (χ2v) is 27.1.